The third-order valence-electron chi connectivity index (χ3n) is 3.15. The number of amides is 2. The lowest BCUT2D eigenvalue weighted by molar-refractivity contribution is 0.262. The van der Waals surface area contributed by atoms with E-state index in [1.165, 1.54) is 15.7 Å². The van der Waals surface area contributed by atoms with E-state index in [0.29, 0.717) is 16.3 Å². The monoisotopic (exact) mass is 314 g/mol. The van der Waals surface area contributed by atoms with Crippen LogP contribution in [0.5, 0.6) is 0 Å². The van der Waals surface area contributed by atoms with Crippen LogP contribution < -0.4 is 16.2 Å². The van der Waals surface area contributed by atoms with Gasteiger partial charge in [-0.25, -0.2) is 9.78 Å². The van der Waals surface area contributed by atoms with E-state index in [0.717, 1.165) is 5.56 Å². The number of hydrogen-bond acceptors (Lipinski definition) is 4. The minimum Gasteiger partial charge on any atom is -0.301 e. The minimum absolute atomic E-state index is 0.178. The van der Waals surface area contributed by atoms with Crippen molar-refractivity contribution in [2.45, 2.75) is 13.8 Å². The van der Waals surface area contributed by atoms with E-state index in [1.54, 1.807) is 25.3 Å². The standard InChI is InChI=1S/C15H14N4O2S/c1-9-5-6-11-16-10(2)13(14(20)19(11)8-9)18-15(21)17-12-4-3-7-22-12/h3-8H,1-2H3,(H2,17,18,21). The number of carbonyl (C=O) groups excluding carboxylic acids is 1. The van der Waals surface area contributed by atoms with Crippen molar-refractivity contribution in [3.05, 3.63) is 57.5 Å². The smallest absolute Gasteiger partial charge is 0.301 e. The van der Waals surface area contributed by atoms with Gasteiger partial charge in [0.15, 0.2) is 0 Å². The van der Waals surface area contributed by atoms with E-state index < -0.39 is 6.03 Å². The maximum Gasteiger partial charge on any atom is 0.324 e. The molecule has 3 rings (SSSR count). The van der Waals surface area contributed by atoms with Gasteiger partial charge in [-0.3, -0.25) is 14.5 Å². The van der Waals surface area contributed by atoms with Crippen molar-refractivity contribution in [3.63, 3.8) is 0 Å². The molecule has 0 aromatic carbocycles. The van der Waals surface area contributed by atoms with Gasteiger partial charge in [-0.05, 0) is 43.0 Å². The van der Waals surface area contributed by atoms with Crippen molar-refractivity contribution in [2.24, 2.45) is 0 Å². The van der Waals surface area contributed by atoms with Gasteiger partial charge in [-0.1, -0.05) is 6.07 Å². The molecule has 6 nitrogen and oxygen atoms in total. The Morgan fingerprint density at radius 3 is 2.77 bits per heavy atom. The van der Waals surface area contributed by atoms with E-state index in [9.17, 15) is 9.59 Å². The van der Waals surface area contributed by atoms with Gasteiger partial charge in [-0.2, -0.15) is 0 Å². The van der Waals surface area contributed by atoms with Crippen LogP contribution in [-0.4, -0.2) is 15.4 Å². The minimum atomic E-state index is -0.461. The summed E-state index contributed by atoms with van der Waals surface area (Å²) in [5, 5.41) is 7.83. The maximum absolute atomic E-state index is 12.5. The Morgan fingerprint density at radius 1 is 1.23 bits per heavy atom. The first-order chi connectivity index (χ1) is 10.5. The fourth-order valence-electron chi connectivity index (χ4n) is 2.11. The summed E-state index contributed by atoms with van der Waals surface area (Å²) in [6.07, 6.45) is 1.70. The Morgan fingerprint density at radius 2 is 2.05 bits per heavy atom. The van der Waals surface area contributed by atoms with Crippen LogP contribution in [-0.2, 0) is 0 Å². The van der Waals surface area contributed by atoms with Gasteiger partial charge in [0.1, 0.15) is 11.3 Å². The topological polar surface area (TPSA) is 75.5 Å². The molecule has 2 amide bonds. The van der Waals surface area contributed by atoms with Crippen molar-refractivity contribution >= 4 is 33.7 Å². The zero-order valence-electron chi connectivity index (χ0n) is 12.1. The van der Waals surface area contributed by atoms with Gasteiger partial charge in [0.2, 0.25) is 0 Å². The number of pyridine rings is 1. The second kappa shape index (κ2) is 5.61. The van der Waals surface area contributed by atoms with Crippen LogP contribution in [0.1, 0.15) is 11.3 Å². The summed E-state index contributed by atoms with van der Waals surface area (Å²) < 4.78 is 1.43. The molecule has 0 atom stereocenters. The van der Waals surface area contributed by atoms with E-state index in [-0.39, 0.29) is 11.2 Å². The molecule has 7 heteroatoms. The number of carbonyl (C=O) groups is 1. The molecule has 3 aromatic heterocycles. The first kappa shape index (κ1) is 14.3. The molecule has 0 spiro atoms. The number of hydrogen-bond donors (Lipinski definition) is 2. The predicted octanol–water partition coefficient (Wildman–Crippen LogP) is 3.02. The zero-order chi connectivity index (χ0) is 15.7. The zero-order valence-corrected chi connectivity index (χ0v) is 12.9. The fraction of sp³-hybridized carbons (Fsp3) is 0.133. The molecular weight excluding hydrogens is 300 g/mol. The lowest BCUT2D eigenvalue weighted by atomic mass is 10.3. The molecule has 0 aliphatic carbocycles. The highest BCUT2D eigenvalue weighted by molar-refractivity contribution is 7.14. The number of nitrogens with zero attached hydrogens (tertiary/aromatic N) is 2. The van der Waals surface area contributed by atoms with Gasteiger partial charge in [-0.15, -0.1) is 11.3 Å². The van der Waals surface area contributed by atoms with E-state index in [4.69, 9.17) is 0 Å². The SMILES string of the molecule is Cc1ccc2nc(C)c(NC(=O)Nc3cccs3)c(=O)n2c1. The van der Waals surface area contributed by atoms with E-state index in [1.807, 2.05) is 24.4 Å². The number of nitrogens with one attached hydrogen (secondary N) is 2. The number of rotatable bonds is 2. The fourth-order valence-corrected chi connectivity index (χ4v) is 2.72. The molecule has 0 unspecified atom stereocenters. The number of anilines is 2. The van der Waals surface area contributed by atoms with Crippen molar-refractivity contribution in [2.75, 3.05) is 10.6 Å². The van der Waals surface area contributed by atoms with Crippen LogP contribution in [0.15, 0.2) is 40.6 Å². The predicted molar refractivity (Wildman–Crippen MR) is 87.9 cm³/mol. The Kier molecular flexibility index (Phi) is 3.64. The van der Waals surface area contributed by atoms with Crippen molar-refractivity contribution < 1.29 is 4.79 Å². The maximum atomic E-state index is 12.5. The summed E-state index contributed by atoms with van der Waals surface area (Å²) in [7, 11) is 0. The van der Waals surface area contributed by atoms with Crippen LogP contribution in [0.2, 0.25) is 0 Å². The molecule has 0 saturated carbocycles. The molecule has 2 N–H and O–H groups in total. The average Bonchev–Trinajstić information content (AvgIpc) is 2.97. The number of fused-ring (bicyclic) bond motifs is 1. The van der Waals surface area contributed by atoms with Gasteiger partial charge in [0.25, 0.3) is 5.56 Å². The van der Waals surface area contributed by atoms with Crippen LogP contribution >= 0.6 is 11.3 Å². The summed E-state index contributed by atoms with van der Waals surface area (Å²) in [5.41, 5.74) is 1.85. The van der Waals surface area contributed by atoms with Crippen LogP contribution in [0, 0.1) is 13.8 Å². The van der Waals surface area contributed by atoms with Gasteiger partial charge < -0.3 is 5.32 Å². The van der Waals surface area contributed by atoms with Gasteiger partial charge in [0, 0.05) is 6.20 Å². The molecule has 3 heterocycles. The van der Waals surface area contributed by atoms with E-state index in [2.05, 4.69) is 15.6 Å². The third kappa shape index (κ3) is 2.71. The molecule has 3 aromatic rings. The van der Waals surface area contributed by atoms with Gasteiger partial charge >= 0.3 is 6.03 Å². The molecular formula is C15H14N4O2S. The van der Waals surface area contributed by atoms with Crippen molar-refractivity contribution in [1.82, 2.24) is 9.38 Å². The Hall–Kier alpha value is -2.67. The molecule has 0 bridgehead atoms. The molecule has 0 fully saturated rings. The molecule has 0 saturated heterocycles. The normalized spacial score (nSPS) is 10.6. The Bertz CT molecular complexity index is 900. The third-order valence-corrected chi connectivity index (χ3v) is 3.93. The Labute approximate surface area is 130 Å². The second-order valence-corrected chi connectivity index (χ2v) is 5.82. The average molecular weight is 314 g/mol. The first-order valence-electron chi connectivity index (χ1n) is 6.66. The molecule has 0 radical (unpaired) electrons. The highest BCUT2D eigenvalue weighted by atomic mass is 32.1. The number of urea groups is 1. The van der Waals surface area contributed by atoms with Crippen LogP contribution in [0.3, 0.4) is 0 Å². The van der Waals surface area contributed by atoms with Crippen LogP contribution in [0.4, 0.5) is 15.5 Å². The highest BCUT2D eigenvalue weighted by Crippen LogP contribution is 2.16. The lowest BCUT2D eigenvalue weighted by Gasteiger charge is -2.10. The second-order valence-electron chi connectivity index (χ2n) is 4.87. The number of aromatic nitrogens is 2. The quantitative estimate of drug-likeness (QED) is 0.763. The summed E-state index contributed by atoms with van der Waals surface area (Å²) in [6, 6.07) is 6.82. The summed E-state index contributed by atoms with van der Waals surface area (Å²) >= 11 is 1.40. The van der Waals surface area contributed by atoms with E-state index >= 15 is 0 Å². The number of thiophene rings is 1. The first-order valence-corrected chi connectivity index (χ1v) is 7.54. The van der Waals surface area contributed by atoms with Gasteiger partial charge in [0.05, 0.1) is 10.7 Å². The molecule has 22 heavy (non-hydrogen) atoms. The molecule has 0 aliphatic heterocycles. The van der Waals surface area contributed by atoms with Crippen molar-refractivity contribution in [1.29, 1.82) is 0 Å². The summed E-state index contributed by atoms with van der Waals surface area (Å²) in [4.78, 5) is 28.9. The molecule has 0 aliphatic rings. The highest BCUT2D eigenvalue weighted by Gasteiger charge is 2.13. The number of aryl methyl sites for hydroxylation is 2. The van der Waals surface area contributed by atoms with Crippen LogP contribution in [0.25, 0.3) is 5.65 Å². The Balaban J connectivity index is 1.96. The molecule has 112 valence electrons. The summed E-state index contributed by atoms with van der Waals surface area (Å²) in [6.45, 7) is 3.59. The summed E-state index contributed by atoms with van der Waals surface area (Å²) in [5.74, 6) is 0. The largest absolute Gasteiger partial charge is 0.324 e. The van der Waals surface area contributed by atoms with Crippen molar-refractivity contribution in [3.8, 4) is 0 Å². The lowest BCUT2D eigenvalue weighted by Crippen LogP contribution is -2.27.